The number of nitrogens with one attached hydrogen (secondary N) is 2. The average molecular weight is 263 g/mol. The lowest BCUT2D eigenvalue weighted by Gasteiger charge is -2.19. The van der Waals surface area contributed by atoms with E-state index in [-0.39, 0.29) is 17.2 Å². The summed E-state index contributed by atoms with van der Waals surface area (Å²) < 4.78 is 37.7. The van der Waals surface area contributed by atoms with Crippen LogP contribution in [-0.2, 0) is 6.18 Å². The van der Waals surface area contributed by atoms with Gasteiger partial charge in [0.2, 0.25) is 5.95 Å². The van der Waals surface area contributed by atoms with Crippen molar-refractivity contribution >= 4 is 11.8 Å². The Hall–Kier alpha value is -1.57. The number of alkyl halides is 3. The van der Waals surface area contributed by atoms with Crippen LogP contribution in [0.4, 0.5) is 24.9 Å². The minimum atomic E-state index is -4.54. The van der Waals surface area contributed by atoms with E-state index in [1.165, 1.54) is 0 Å². The minimum absolute atomic E-state index is 0.0835. The van der Waals surface area contributed by atoms with Crippen LogP contribution in [0.25, 0.3) is 0 Å². The molecule has 0 saturated heterocycles. The minimum Gasteiger partial charge on any atom is -0.369 e. The Morgan fingerprint density at radius 2 is 1.83 bits per heavy atom. The first-order valence-electron chi connectivity index (χ1n) is 5.28. The highest BCUT2D eigenvalue weighted by Gasteiger charge is 2.33. The quantitative estimate of drug-likeness (QED) is 0.576. The first-order chi connectivity index (χ1) is 8.12. The summed E-state index contributed by atoms with van der Waals surface area (Å²) in [6.45, 7) is 6.33. The normalized spacial score (nSPS) is 12.4. The van der Waals surface area contributed by atoms with Crippen LogP contribution in [0.1, 0.15) is 26.5 Å². The van der Waals surface area contributed by atoms with Gasteiger partial charge < -0.3 is 5.32 Å². The highest BCUT2D eigenvalue weighted by Crippen LogP contribution is 2.29. The van der Waals surface area contributed by atoms with Crippen molar-refractivity contribution in [1.29, 1.82) is 0 Å². The topological polar surface area (TPSA) is 75.9 Å². The van der Waals surface area contributed by atoms with Gasteiger partial charge in [-0.3, -0.25) is 5.43 Å². The van der Waals surface area contributed by atoms with Crippen LogP contribution < -0.4 is 16.6 Å². The lowest BCUT2D eigenvalue weighted by atomic mass is 9.97. The van der Waals surface area contributed by atoms with Gasteiger partial charge >= 0.3 is 6.18 Å². The fourth-order valence-corrected chi connectivity index (χ4v) is 1.10. The van der Waals surface area contributed by atoms with Gasteiger partial charge in [-0.15, -0.1) is 0 Å². The Balaban J connectivity index is 2.98. The van der Waals surface area contributed by atoms with E-state index in [1.807, 2.05) is 26.2 Å². The molecule has 8 heteroatoms. The molecule has 0 aromatic carbocycles. The van der Waals surface area contributed by atoms with Crippen LogP contribution in [0.2, 0.25) is 0 Å². The molecule has 1 aromatic rings. The predicted molar refractivity (Wildman–Crippen MR) is 62.8 cm³/mol. The third kappa shape index (κ3) is 4.36. The number of nitrogens with two attached hydrogens (primary N) is 1. The smallest absolute Gasteiger partial charge is 0.369 e. The number of nitrogens with zero attached hydrogens (tertiary/aromatic N) is 2. The molecule has 102 valence electrons. The number of anilines is 2. The van der Waals surface area contributed by atoms with E-state index in [1.54, 1.807) is 0 Å². The molecule has 0 saturated carbocycles. The van der Waals surface area contributed by atoms with Crippen molar-refractivity contribution in [1.82, 2.24) is 9.97 Å². The molecule has 0 unspecified atom stereocenters. The summed E-state index contributed by atoms with van der Waals surface area (Å²) in [5.41, 5.74) is 0.891. The molecule has 0 aliphatic carbocycles. The van der Waals surface area contributed by atoms with E-state index in [9.17, 15) is 13.2 Å². The van der Waals surface area contributed by atoms with Gasteiger partial charge in [-0.1, -0.05) is 20.8 Å². The molecule has 5 nitrogen and oxygen atoms in total. The number of hydrogen-bond donors (Lipinski definition) is 3. The van der Waals surface area contributed by atoms with Gasteiger partial charge in [-0.2, -0.15) is 18.2 Å². The van der Waals surface area contributed by atoms with Crippen molar-refractivity contribution in [2.45, 2.75) is 26.9 Å². The lowest BCUT2D eigenvalue weighted by Crippen LogP contribution is -2.21. The summed E-state index contributed by atoms with van der Waals surface area (Å²) in [5, 5.41) is 2.83. The third-order valence-corrected chi connectivity index (χ3v) is 1.95. The standard InChI is InChI=1S/C10H16F3N5/c1-9(2,3)5-15-7-4-6(10(11,12)13)16-8(17-7)18-14/h4H,5,14H2,1-3H3,(H2,15,16,17,18). The second-order valence-electron chi connectivity index (χ2n) is 5.02. The van der Waals surface area contributed by atoms with Crippen molar-refractivity contribution in [2.24, 2.45) is 11.3 Å². The van der Waals surface area contributed by atoms with Gasteiger partial charge in [0.25, 0.3) is 0 Å². The van der Waals surface area contributed by atoms with Crippen molar-refractivity contribution in [3.05, 3.63) is 11.8 Å². The van der Waals surface area contributed by atoms with Crippen molar-refractivity contribution in [2.75, 3.05) is 17.3 Å². The number of hydrogen-bond acceptors (Lipinski definition) is 5. The van der Waals surface area contributed by atoms with Gasteiger partial charge in [0.15, 0.2) is 5.69 Å². The SMILES string of the molecule is CC(C)(C)CNc1cc(C(F)(F)F)nc(NN)n1. The van der Waals surface area contributed by atoms with E-state index in [0.717, 1.165) is 6.07 Å². The maximum absolute atomic E-state index is 12.6. The van der Waals surface area contributed by atoms with Gasteiger partial charge in [-0.05, 0) is 5.41 Å². The van der Waals surface area contributed by atoms with Crippen molar-refractivity contribution < 1.29 is 13.2 Å². The molecule has 0 aliphatic rings. The molecule has 1 aromatic heterocycles. The van der Waals surface area contributed by atoms with E-state index < -0.39 is 11.9 Å². The van der Waals surface area contributed by atoms with Gasteiger partial charge in [-0.25, -0.2) is 10.8 Å². The largest absolute Gasteiger partial charge is 0.433 e. The highest BCUT2D eigenvalue weighted by molar-refractivity contribution is 5.42. The Bertz CT molecular complexity index is 411. The summed E-state index contributed by atoms with van der Waals surface area (Å²) in [4.78, 5) is 7.07. The summed E-state index contributed by atoms with van der Waals surface area (Å²) >= 11 is 0. The van der Waals surface area contributed by atoms with Crippen LogP contribution in [0.3, 0.4) is 0 Å². The first kappa shape index (κ1) is 14.5. The van der Waals surface area contributed by atoms with Crippen LogP contribution in [0.15, 0.2) is 6.07 Å². The molecular weight excluding hydrogens is 247 g/mol. The Morgan fingerprint density at radius 1 is 1.22 bits per heavy atom. The molecule has 0 spiro atoms. The lowest BCUT2D eigenvalue weighted by molar-refractivity contribution is -0.141. The number of aromatic nitrogens is 2. The van der Waals surface area contributed by atoms with Crippen LogP contribution in [0.5, 0.6) is 0 Å². The predicted octanol–water partition coefficient (Wildman–Crippen LogP) is 2.24. The number of hydrazine groups is 1. The maximum atomic E-state index is 12.6. The fraction of sp³-hybridized carbons (Fsp3) is 0.600. The summed E-state index contributed by atoms with van der Waals surface area (Å²) in [5.74, 6) is 4.85. The molecule has 4 N–H and O–H groups in total. The number of nitrogen functional groups attached to an aromatic ring is 1. The molecule has 1 rings (SSSR count). The third-order valence-electron chi connectivity index (χ3n) is 1.95. The summed E-state index contributed by atoms with van der Waals surface area (Å²) in [6.07, 6.45) is -4.54. The Morgan fingerprint density at radius 3 is 2.28 bits per heavy atom. The second kappa shape index (κ2) is 4.97. The Kier molecular flexibility index (Phi) is 4.00. The average Bonchev–Trinajstić information content (AvgIpc) is 2.24. The molecule has 18 heavy (non-hydrogen) atoms. The maximum Gasteiger partial charge on any atom is 0.433 e. The molecule has 0 fully saturated rings. The van der Waals surface area contributed by atoms with Gasteiger partial charge in [0.05, 0.1) is 0 Å². The van der Waals surface area contributed by atoms with E-state index in [4.69, 9.17) is 5.84 Å². The van der Waals surface area contributed by atoms with Crippen LogP contribution >= 0.6 is 0 Å². The first-order valence-corrected chi connectivity index (χ1v) is 5.28. The highest BCUT2D eigenvalue weighted by atomic mass is 19.4. The molecule has 0 radical (unpaired) electrons. The zero-order valence-corrected chi connectivity index (χ0v) is 10.4. The molecule has 0 atom stereocenters. The van der Waals surface area contributed by atoms with Gasteiger partial charge in [0, 0.05) is 12.6 Å². The summed E-state index contributed by atoms with van der Waals surface area (Å²) in [6, 6.07) is 0.854. The Labute approximate surface area is 103 Å². The van der Waals surface area contributed by atoms with Crippen molar-refractivity contribution in [3.63, 3.8) is 0 Å². The zero-order chi connectivity index (χ0) is 14.0. The number of halogens is 3. The van der Waals surface area contributed by atoms with E-state index >= 15 is 0 Å². The molecule has 0 aliphatic heterocycles. The van der Waals surface area contributed by atoms with E-state index in [2.05, 4.69) is 15.3 Å². The zero-order valence-electron chi connectivity index (χ0n) is 10.4. The van der Waals surface area contributed by atoms with Crippen molar-refractivity contribution in [3.8, 4) is 0 Å². The number of rotatable bonds is 3. The summed E-state index contributed by atoms with van der Waals surface area (Å²) in [7, 11) is 0. The fourth-order valence-electron chi connectivity index (χ4n) is 1.10. The molecular formula is C10H16F3N5. The molecule has 1 heterocycles. The molecule has 0 amide bonds. The monoisotopic (exact) mass is 263 g/mol. The second-order valence-corrected chi connectivity index (χ2v) is 5.02. The molecule has 0 bridgehead atoms. The van der Waals surface area contributed by atoms with Crippen LogP contribution in [0, 0.1) is 5.41 Å². The van der Waals surface area contributed by atoms with Gasteiger partial charge in [0.1, 0.15) is 5.82 Å². The van der Waals surface area contributed by atoms with E-state index in [0.29, 0.717) is 6.54 Å². The van der Waals surface area contributed by atoms with Crippen LogP contribution in [-0.4, -0.2) is 16.5 Å².